The van der Waals surface area contributed by atoms with Gasteiger partial charge in [-0.05, 0) is 58.7 Å². The number of benzene rings is 4. The minimum absolute atomic E-state index is 0.227. The van der Waals surface area contributed by atoms with E-state index in [1.54, 1.807) is 48.8 Å². The SMILES string of the molecule is N#C/N=c1\c2cc(-c3ccc(C(F)(F)F)cc3)ccc2c2nc3/c(=N/C#N)c4cc(-c5ccc(C(F)(F)F)cc5)ccc4c3nc12. The molecule has 1 aromatic heterocycles. The molecule has 0 N–H and O–H groups in total. The number of fused-ring (bicyclic) bond motifs is 6. The van der Waals surface area contributed by atoms with Gasteiger partial charge in [0.05, 0.1) is 22.2 Å². The molecule has 222 valence electrons. The normalized spacial score (nSPS) is 13.2. The monoisotopic (exact) mass is 620 g/mol. The maximum atomic E-state index is 13.1. The number of halogens is 6. The van der Waals surface area contributed by atoms with Crippen molar-refractivity contribution in [2.45, 2.75) is 12.4 Å². The molecule has 0 radical (unpaired) electrons. The molecular formula is C34H14F6N6. The van der Waals surface area contributed by atoms with Gasteiger partial charge in [-0.15, -0.1) is 0 Å². The van der Waals surface area contributed by atoms with Gasteiger partial charge in [-0.2, -0.15) is 46.9 Å². The predicted octanol–water partition coefficient (Wildman–Crippen LogP) is 8.10. The maximum Gasteiger partial charge on any atom is 0.416 e. The largest absolute Gasteiger partial charge is 0.416 e. The summed E-state index contributed by atoms with van der Waals surface area (Å²) >= 11 is 0. The third-order valence-corrected chi connectivity index (χ3v) is 7.82. The van der Waals surface area contributed by atoms with Crippen molar-refractivity contribution in [3.05, 3.63) is 107 Å². The molecule has 7 aromatic rings. The lowest BCUT2D eigenvalue weighted by molar-refractivity contribution is -0.138. The van der Waals surface area contributed by atoms with Crippen molar-refractivity contribution in [1.29, 1.82) is 10.5 Å². The van der Waals surface area contributed by atoms with Gasteiger partial charge in [-0.1, -0.05) is 48.5 Å². The van der Waals surface area contributed by atoms with Crippen molar-refractivity contribution < 1.29 is 26.3 Å². The van der Waals surface area contributed by atoms with Crippen LogP contribution in [0.3, 0.4) is 0 Å². The van der Waals surface area contributed by atoms with Crippen LogP contribution in [0.15, 0.2) is 94.9 Å². The molecule has 0 bridgehead atoms. The molecule has 0 aliphatic rings. The lowest BCUT2D eigenvalue weighted by Crippen LogP contribution is -2.04. The highest BCUT2D eigenvalue weighted by molar-refractivity contribution is 6.15. The molecule has 46 heavy (non-hydrogen) atoms. The molecule has 1 heterocycles. The number of alkyl halides is 6. The van der Waals surface area contributed by atoms with Crippen molar-refractivity contribution in [2.75, 3.05) is 0 Å². The third-order valence-electron chi connectivity index (χ3n) is 7.82. The van der Waals surface area contributed by atoms with Gasteiger partial charge in [-0.25, -0.2) is 9.97 Å². The number of hydrogen-bond donors (Lipinski definition) is 0. The second kappa shape index (κ2) is 10.2. The molecule has 7 rings (SSSR count). The summed E-state index contributed by atoms with van der Waals surface area (Å²) in [4.78, 5) is 17.7. The van der Waals surface area contributed by atoms with Gasteiger partial charge in [-0.3, -0.25) is 0 Å². The lowest BCUT2D eigenvalue weighted by atomic mass is 10.0. The predicted molar refractivity (Wildman–Crippen MR) is 158 cm³/mol. The molecule has 12 heteroatoms. The van der Waals surface area contributed by atoms with Crippen molar-refractivity contribution >= 4 is 43.6 Å². The number of hydrogen-bond acceptors (Lipinski definition) is 6. The van der Waals surface area contributed by atoms with E-state index in [0.717, 1.165) is 24.3 Å². The maximum absolute atomic E-state index is 13.1. The molecule has 0 aliphatic heterocycles. The molecule has 0 unspecified atom stereocenters. The van der Waals surface area contributed by atoms with Crippen molar-refractivity contribution in [1.82, 2.24) is 9.97 Å². The number of aromatic nitrogens is 2. The summed E-state index contributed by atoms with van der Waals surface area (Å²) in [6.07, 6.45) is -5.37. The molecule has 0 aliphatic carbocycles. The standard InChI is InChI=1S/C34H14F6N6/c35-33(36,37)21-7-1-17(2-8-21)19-5-11-23-25(13-19)27(43-15-41)31-29(23)45-32-28(44-16-42)26-14-20(6-12-24(26)30(32)46-31)18-3-9-22(10-4-18)34(38,39)40/h1-14H/b43-27+,44-28+. The first-order chi connectivity index (χ1) is 22.0. The van der Waals surface area contributed by atoms with E-state index in [9.17, 15) is 36.9 Å². The van der Waals surface area contributed by atoms with Crippen molar-refractivity contribution in [2.24, 2.45) is 9.98 Å². The van der Waals surface area contributed by atoms with E-state index in [1.165, 1.54) is 24.3 Å². The van der Waals surface area contributed by atoms with E-state index in [0.29, 0.717) is 65.9 Å². The Morgan fingerprint density at radius 2 is 0.804 bits per heavy atom. The topological polar surface area (TPSA) is 98.1 Å². The smallest absolute Gasteiger partial charge is 0.241 e. The fraction of sp³-hybridized carbons (Fsp3) is 0.0588. The zero-order chi connectivity index (χ0) is 32.4. The summed E-state index contributed by atoms with van der Waals surface area (Å²) in [6.45, 7) is 0. The molecule has 0 amide bonds. The zero-order valence-electron chi connectivity index (χ0n) is 23.0. The van der Waals surface area contributed by atoms with Crippen LogP contribution in [0.4, 0.5) is 26.3 Å². The van der Waals surface area contributed by atoms with Gasteiger partial charge in [0, 0.05) is 21.5 Å². The van der Waals surface area contributed by atoms with E-state index in [2.05, 4.69) is 9.98 Å². The molecule has 6 aromatic carbocycles. The van der Waals surface area contributed by atoms with Crippen LogP contribution < -0.4 is 10.7 Å². The number of nitrogens with zero attached hydrogens (tertiary/aromatic N) is 6. The second-order valence-corrected chi connectivity index (χ2v) is 10.4. The van der Waals surface area contributed by atoms with Crippen LogP contribution in [0.2, 0.25) is 0 Å². The number of nitriles is 2. The lowest BCUT2D eigenvalue weighted by Gasteiger charge is -2.08. The van der Waals surface area contributed by atoms with Crippen LogP contribution >= 0.6 is 0 Å². The van der Waals surface area contributed by atoms with Crippen LogP contribution in [0.1, 0.15) is 11.1 Å². The van der Waals surface area contributed by atoms with Crippen LogP contribution in [0.5, 0.6) is 0 Å². The first-order valence-electron chi connectivity index (χ1n) is 13.5. The molecule has 6 nitrogen and oxygen atoms in total. The Kier molecular flexibility index (Phi) is 6.35. The third kappa shape index (κ3) is 4.59. The summed E-state index contributed by atoms with van der Waals surface area (Å²) in [6, 6.07) is 19.7. The Labute approximate surface area is 254 Å². The van der Waals surface area contributed by atoms with E-state index in [-0.39, 0.29) is 10.7 Å². The van der Waals surface area contributed by atoms with Crippen LogP contribution in [0.25, 0.3) is 65.9 Å². The van der Waals surface area contributed by atoms with Gasteiger partial charge >= 0.3 is 12.4 Å². The second-order valence-electron chi connectivity index (χ2n) is 10.4. The number of rotatable bonds is 2. The molecule has 0 fully saturated rings. The first-order valence-corrected chi connectivity index (χ1v) is 13.5. The Morgan fingerprint density at radius 3 is 1.13 bits per heavy atom. The van der Waals surface area contributed by atoms with E-state index in [4.69, 9.17) is 9.97 Å². The highest BCUT2D eigenvalue weighted by Gasteiger charge is 2.31. The summed E-state index contributed by atoms with van der Waals surface area (Å²) in [5, 5.41) is 21.7. The highest BCUT2D eigenvalue weighted by atomic mass is 19.4. The van der Waals surface area contributed by atoms with Crippen LogP contribution in [-0.2, 0) is 12.4 Å². The molecule has 0 saturated carbocycles. The quantitative estimate of drug-likeness (QED) is 0.144. The Balaban J connectivity index is 1.44. The Bertz CT molecular complexity index is 2380. The van der Waals surface area contributed by atoms with Gasteiger partial charge < -0.3 is 0 Å². The average Bonchev–Trinajstić information content (AvgIpc) is 3.50. The van der Waals surface area contributed by atoms with Crippen LogP contribution in [0, 0.1) is 22.9 Å². The van der Waals surface area contributed by atoms with Gasteiger partial charge in [0.25, 0.3) is 0 Å². The zero-order valence-corrected chi connectivity index (χ0v) is 23.0. The van der Waals surface area contributed by atoms with Crippen molar-refractivity contribution in [3.63, 3.8) is 0 Å². The van der Waals surface area contributed by atoms with E-state index >= 15 is 0 Å². The molecule has 0 spiro atoms. The Morgan fingerprint density at radius 1 is 0.457 bits per heavy atom. The van der Waals surface area contributed by atoms with Gasteiger partial charge in [0.15, 0.2) is 0 Å². The fourth-order valence-corrected chi connectivity index (χ4v) is 5.68. The van der Waals surface area contributed by atoms with E-state index < -0.39 is 23.5 Å². The molecule has 0 saturated heterocycles. The summed E-state index contributed by atoms with van der Waals surface area (Å²) in [7, 11) is 0. The minimum atomic E-state index is -4.47. The first kappa shape index (κ1) is 28.6. The summed E-state index contributed by atoms with van der Waals surface area (Å²) < 4.78 is 78.5. The molecular weight excluding hydrogens is 606 g/mol. The average molecular weight is 621 g/mol. The van der Waals surface area contributed by atoms with Gasteiger partial charge in [0.1, 0.15) is 21.7 Å². The van der Waals surface area contributed by atoms with Gasteiger partial charge in [0.2, 0.25) is 12.4 Å². The highest BCUT2D eigenvalue weighted by Crippen LogP contribution is 2.35. The van der Waals surface area contributed by atoms with Crippen molar-refractivity contribution in [3.8, 4) is 34.6 Å². The summed E-state index contributed by atoms with van der Waals surface area (Å²) in [5.74, 6) is 0. The Hall–Kier alpha value is -6.14. The van der Waals surface area contributed by atoms with E-state index in [1.807, 2.05) is 0 Å². The fourth-order valence-electron chi connectivity index (χ4n) is 5.68. The van der Waals surface area contributed by atoms with Crippen LogP contribution in [-0.4, -0.2) is 9.97 Å². The summed E-state index contributed by atoms with van der Waals surface area (Å²) in [5.41, 5.74) is 2.03. The minimum Gasteiger partial charge on any atom is -0.241 e. The molecule has 0 atom stereocenters.